The number of hydrogen-bond donors (Lipinski definition) is 2. The van der Waals surface area contributed by atoms with Crippen molar-refractivity contribution in [1.29, 1.82) is 0 Å². The van der Waals surface area contributed by atoms with Crippen LogP contribution in [0.25, 0.3) is 0 Å². The maximum absolute atomic E-state index is 12.1. The monoisotopic (exact) mass is 363 g/mol. The molecule has 2 aromatic carbocycles. The molecule has 1 unspecified atom stereocenters. The molecule has 2 rings (SSSR count). The minimum Gasteiger partial charge on any atom is -0.350 e. The summed E-state index contributed by atoms with van der Waals surface area (Å²) >= 11 is 0. The van der Waals surface area contributed by atoms with Gasteiger partial charge in [-0.05, 0) is 29.2 Å². The fourth-order valence-corrected chi connectivity index (χ4v) is 2.29. The van der Waals surface area contributed by atoms with E-state index in [1.807, 2.05) is 24.3 Å². The van der Waals surface area contributed by atoms with Crippen molar-refractivity contribution in [3.8, 4) is 0 Å². The second-order valence-corrected chi connectivity index (χ2v) is 5.94. The maximum atomic E-state index is 12.1. The van der Waals surface area contributed by atoms with Gasteiger partial charge in [0.05, 0.1) is 4.92 Å². The predicted molar refractivity (Wildman–Crippen MR) is 100 cm³/mol. The molecule has 1 atom stereocenters. The number of nitrogens with one attached hydrogen (secondary N) is 1. The average Bonchev–Trinajstić information content (AvgIpc) is 2.59. The first-order valence-corrected chi connectivity index (χ1v) is 7.76. The Kier molecular flexibility index (Phi) is 7.54. The van der Waals surface area contributed by atoms with Crippen LogP contribution in [-0.2, 0) is 0 Å². The van der Waals surface area contributed by atoms with E-state index in [-0.39, 0.29) is 36.6 Å². The Morgan fingerprint density at radius 3 is 2.08 bits per heavy atom. The number of amides is 1. The van der Waals surface area contributed by atoms with Gasteiger partial charge >= 0.3 is 0 Å². The van der Waals surface area contributed by atoms with Gasteiger partial charge in [-0.3, -0.25) is 14.9 Å². The standard InChI is InChI=1S/C18H21N3O3.ClH/c1-12(2)13-3-5-14(6-4-13)17(19)11-20-18(22)15-7-9-16(10-8-15)21(23)24;/h3-10,12,17H,11,19H2,1-2H3,(H,20,22);1H. The molecule has 0 heterocycles. The van der Waals surface area contributed by atoms with Crippen LogP contribution < -0.4 is 11.1 Å². The molecule has 7 heteroatoms. The third kappa shape index (κ3) is 5.55. The Balaban J connectivity index is 0.00000312. The van der Waals surface area contributed by atoms with Gasteiger partial charge in [0.15, 0.2) is 0 Å². The van der Waals surface area contributed by atoms with E-state index in [0.29, 0.717) is 11.5 Å². The molecule has 0 spiro atoms. The van der Waals surface area contributed by atoms with Crippen molar-refractivity contribution in [3.05, 3.63) is 75.3 Å². The summed E-state index contributed by atoms with van der Waals surface area (Å²) in [5.41, 5.74) is 8.61. The maximum Gasteiger partial charge on any atom is 0.269 e. The van der Waals surface area contributed by atoms with Crippen LogP contribution in [0.5, 0.6) is 0 Å². The summed E-state index contributed by atoms with van der Waals surface area (Å²) in [6.07, 6.45) is 0. The van der Waals surface area contributed by atoms with Gasteiger partial charge in [0.2, 0.25) is 0 Å². The highest BCUT2D eigenvalue weighted by Crippen LogP contribution is 2.17. The van der Waals surface area contributed by atoms with Crippen molar-refractivity contribution < 1.29 is 9.72 Å². The van der Waals surface area contributed by atoms with Crippen LogP contribution in [0.2, 0.25) is 0 Å². The highest BCUT2D eigenvalue weighted by molar-refractivity contribution is 5.94. The zero-order valence-corrected chi connectivity index (χ0v) is 15.0. The minimum atomic E-state index is -0.502. The second kappa shape index (κ2) is 9.15. The molecule has 0 aliphatic carbocycles. The van der Waals surface area contributed by atoms with Crippen molar-refractivity contribution >= 4 is 24.0 Å². The van der Waals surface area contributed by atoms with E-state index in [2.05, 4.69) is 19.2 Å². The quantitative estimate of drug-likeness (QED) is 0.605. The molecular formula is C18H22ClN3O3. The minimum absolute atomic E-state index is 0. The Morgan fingerprint density at radius 1 is 1.08 bits per heavy atom. The number of carbonyl (C=O) groups is 1. The summed E-state index contributed by atoms with van der Waals surface area (Å²) in [4.78, 5) is 22.2. The summed E-state index contributed by atoms with van der Waals surface area (Å²) in [5.74, 6) is 0.149. The van der Waals surface area contributed by atoms with Crippen LogP contribution in [0.4, 0.5) is 5.69 Å². The van der Waals surface area contributed by atoms with Gasteiger partial charge < -0.3 is 11.1 Å². The molecule has 0 aromatic heterocycles. The smallest absolute Gasteiger partial charge is 0.269 e. The summed E-state index contributed by atoms with van der Waals surface area (Å²) in [7, 11) is 0. The molecule has 0 saturated carbocycles. The molecule has 25 heavy (non-hydrogen) atoms. The molecule has 6 nitrogen and oxygen atoms in total. The molecule has 134 valence electrons. The van der Waals surface area contributed by atoms with E-state index >= 15 is 0 Å². The molecule has 1 amide bonds. The Bertz CT molecular complexity index is 715. The lowest BCUT2D eigenvalue weighted by Gasteiger charge is -2.14. The van der Waals surface area contributed by atoms with Crippen molar-refractivity contribution in [2.75, 3.05) is 6.54 Å². The predicted octanol–water partition coefficient (Wildman–Crippen LogP) is 3.57. The summed E-state index contributed by atoms with van der Waals surface area (Å²) < 4.78 is 0. The first-order valence-electron chi connectivity index (χ1n) is 7.76. The van der Waals surface area contributed by atoms with Gasteiger partial charge in [0.1, 0.15) is 0 Å². The third-order valence-corrected chi connectivity index (χ3v) is 3.85. The summed E-state index contributed by atoms with van der Waals surface area (Å²) in [5, 5.41) is 13.4. The number of nitro groups is 1. The zero-order chi connectivity index (χ0) is 17.7. The van der Waals surface area contributed by atoms with Gasteiger partial charge in [-0.2, -0.15) is 0 Å². The molecule has 0 aliphatic rings. The molecule has 0 bridgehead atoms. The summed E-state index contributed by atoms with van der Waals surface area (Å²) in [6.45, 7) is 4.54. The number of benzene rings is 2. The van der Waals surface area contributed by atoms with Crippen LogP contribution in [0.3, 0.4) is 0 Å². The van der Waals surface area contributed by atoms with E-state index < -0.39 is 4.92 Å². The first-order chi connectivity index (χ1) is 11.4. The van der Waals surface area contributed by atoms with Gasteiger partial charge in [-0.15, -0.1) is 12.4 Å². The number of nitrogens with zero attached hydrogens (tertiary/aromatic N) is 1. The first kappa shape index (κ1) is 20.6. The van der Waals surface area contributed by atoms with Gasteiger partial charge in [0, 0.05) is 30.3 Å². The number of hydrogen-bond acceptors (Lipinski definition) is 4. The number of halogens is 1. The third-order valence-electron chi connectivity index (χ3n) is 3.85. The SMILES string of the molecule is CC(C)c1ccc(C(N)CNC(=O)c2ccc([N+](=O)[O-])cc2)cc1.Cl. The van der Waals surface area contributed by atoms with Crippen LogP contribution in [0.1, 0.15) is 47.3 Å². The molecule has 0 aliphatic heterocycles. The van der Waals surface area contributed by atoms with E-state index in [4.69, 9.17) is 5.73 Å². The number of non-ortho nitro benzene ring substituents is 1. The van der Waals surface area contributed by atoms with Crippen LogP contribution in [0, 0.1) is 10.1 Å². The molecule has 0 radical (unpaired) electrons. The molecule has 0 fully saturated rings. The highest BCUT2D eigenvalue weighted by atomic mass is 35.5. The van der Waals surface area contributed by atoms with Crippen molar-refractivity contribution in [1.82, 2.24) is 5.32 Å². The number of nitro benzene ring substituents is 1. The van der Waals surface area contributed by atoms with E-state index in [9.17, 15) is 14.9 Å². The van der Waals surface area contributed by atoms with E-state index in [1.54, 1.807) is 0 Å². The van der Waals surface area contributed by atoms with E-state index in [0.717, 1.165) is 5.56 Å². The topological polar surface area (TPSA) is 98.3 Å². The van der Waals surface area contributed by atoms with Crippen molar-refractivity contribution in [2.45, 2.75) is 25.8 Å². The lowest BCUT2D eigenvalue weighted by molar-refractivity contribution is -0.384. The largest absolute Gasteiger partial charge is 0.350 e. The van der Waals surface area contributed by atoms with Crippen LogP contribution in [-0.4, -0.2) is 17.4 Å². The number of rotatable bonds is 6. The molecule has 3 N–H and O–H groups in total. The lowest BCUT2D eigenvalue weighted by Crippen LogP contribution is -2.31. The zero-order valence-electron chi connectivity index (χ0n) is 14.1. The fraction of sp³-hybridized carbons (Fsp3) is 0.278. The fourth-order valence-electron chi connectivity index (χ4n) is 2.29. The Morgan fingerprint density at radius 2 is 1.60 bits per heavy atom. The second-order valence-electron chi connectivity index (χ2n) is 5.94. The lowest BCUT2D eigenvalue weighted by atomic mass is 9.99. The van der Waals surface area contributed by atoms with Crippen molar-refractivity contribution in [3.63, 3.8) is 0 Å². The van der Waals surface area contributed by atoms with Crippen molar-refractivity contribution in [2.24, 2.45) is 5.73 Å². The molecule has 0 saturated heterocycles. The average molecular weight is 364 g/mol. The van der Waals surface area contributed by atoms with Gasteiger partial charge in [-0.25, -0.2) is 0 Å². The van der Waals surface area contributed by atoms with Crippen LogP contribution >= 0.6 is 12.4 Å². The number of carbonyl (C=O) groups excluding carboxylic acids is 1. The normalized spacial score (nSPS) is 11.5. The highest BCUT2D eigenvalue weighted by Gasteiger charge is 2.12. The Labute approximate surface area is 153 Å². The van der Waals surface area contributed by atoms with Gasteiger partial charge in [0.25, 0.3) is 11.6 Å². The molecular weight excluding hydrogens is 342 g/mol. The summed E-state index contributed by atoms with van der Waals surface area (Å²) in [6, 6.07) is 13.2. The van der Waals surface area contributed by atoms with Gasteiger partial charge in [-0.1, -0.05) is 38.1 Å². The van der Waals surface area contributed by atoms with Crippen LogP contribution in [0.15, 0.2) is 48.5 Å². The number of nitrogens with two attached hydrogens (primary N) is 1. The van der Waals surface area contributed by atoms with E-state index in [1.165, 1.54) is 29.8 Å². The Hall–Kier alpha value is -2.44. The molecule has 2 aromatic rings.